The van der Waals surface area contributed by atoms with Gasteiger partial charge >= 0.3 is 0 Å². The molecule has 0 atom stereocenters. The van der Waals surface area contributed by atoms with Crippen LogP contribution in [0, 0.1) is 6.92 Å². The second-order valence-electron chi connectivity index (χ2n) is 4.47. The van der Waals surface area contributed by atoms with E-state index in [4.69, 9.17) is 10.3 Å². The van der Waals surface area contributed by atoms with Gasteiger partial charge in [-0.25, -0.2) is 0 Å². The van der Waals surface area contributed by atoms with Gasteiger partial charge in [-0.1, -0.05) is 19.0 Å². The second kappa shape index (κ2) is 5.09. The first-order valence-electron chi connectivity index (χ1n) is 5.90. The molecule has 8 heteroatoms. The minimum Gasteiger partial charge on any atom is -0.395 e. The molecule has 0 spiro atoms. The number of nitrogens with one attached hydrogen (secondary N) is 2. The summed E-state index contributed by atoms with van der Waals surface area (Å²) in [6.45, 7) is 5.78. The van der Waals surface area contributed by atoms with Crippen LogP contribution in [0.2, 0.25) is 0 Å². The zero-order valence-corrected chi connectivity index (χ0v) is 11.0. The van der Waals surface area contributed by atoms with Gasteiger partial charge in [-0.3, -0.25) is 9.89 Å². The van der Waals surface area contributed by atoms with Gasteiger partial charge in [-0.05, 0) is 5.92 Å². The van der Waals surface area contributed by atoms with E-state index >= 15 is 0 Å². The Kier molecular flexibility index (Phi) is 3.50. The van der Waals surface area contributed by atoms with Crippen LogP contribution in [0.4, 0.5) is 5.69 Å². The zero-order chi connectivity index (χ0) is 14.0. The van der Waals surface area contributed by atoms with Crippen LogP contribution < -0.4 is 11.1 Å². The lowest BCUT2D eigenvalue weighted by Gasteiger charge is -2.03. The number of H-pyrrole nitrogens is 1. The Morgan fingerprint density at radius 1 is 1.53 bits per heavy atom. The van der Waals surface area contributed by atoms with Crippen LogP contribution in [-0.4, -0.2) is 26.2 Å². The van der Waals surface area contributed by atoms with Gasteiger partial charge < -0.3 is 15.6 Å². The van der Waals surface area contributed by atoms with Crippen molar-refractivity contribution in [3.63, 3.8) is 0 Å². The van der Waals surface area contributed by atoms with Crippen molar-refractivity contribution in [1.82, 2.24) is 25.7 Å². The van der Waals surface area contributed by atoms with Gasteiger partial charge in [0.05, 0.1) is 17.9 Å². The fourth-order valence-corrected chi connectivity index (χ4v) is 1.63. The van der Waals surface area contributed by atoms with E-state index in [1.54, 1.807) is 6.92 Å². The molecular weight excluding hydrogens is 248 g/mol. The Morgan fingerprint density at radius 3 is 2.79 bits per heavy atom. The number of carbonyl (C=O) groups excluding carboxylic acids is 1. The summed E-state index contributed by atoms with van der Waals surface area (Å²) in [4.78, 5) is 15.9. The Bertz CT molecular complexity index is 586. The number of aryl methyl sites for hydroxylation is 1. The van der Waals surface area contributed by atoms with Crippen molar-refractivity contribution in [2.45, 2.75) is 33.2 Å². The Balaban J connectivity index is 2.04. The molecule has 2 aromatic heterocycles. The molecule has 0 bridgehead atoms. The number of carbonyl (C=O) groups is 1. The highest BCUT2D eigenvalue weighted by Gasteiger charge is 2.19. The fourth-order valence-electron chi connectivity index (χ4n) is 1.63. The third kappa shape index (κ3) is 2.72. The lowest BCUT2D eigenvalue weighted by molar-refractivity contribution is 0.0945. The first-order valence-corrected chi connectivity index (χ1v) is 5.90. The topological polar surface area (TPSA) is 123 Å². The molecule has 0 aliphatic rings. The van der Waals surface area contributed by atoms with Crippen molar-refractivity contribution in [3.8, 4) is 0 Å². The minimum absolute atomic E-state index is 0.166. The molecule has 0 aliphatic carbocycles. The molecule has 2 heterocycles. The number of nitrogens with zero attached hydrogens (tertiary/aromatic N) is 3. The molecule has 0 radical (unpaired) electrons. The van der Waals surface area contributed by atoms with Crippen molar-refractivity contribution in [1.29, 1.82) is 0 Å². The van der Waals surface area contributed by atoms with Crippen molar-refractivity contribution >= 4 is 11.6 Å². The third-order valence-electron chi connectivity index (χ3n) is 2.60. The van der Waals surface area contributed by atoms with E-state index in [0.29, 0.717) is 17.4 Å². The first kappa shape index (κ1) is 13.1. The molecule has 2 rings (SSSR count). The number of hydrogen-bond donors (Lipinski definition) is 3. The van der Waals surface area contributed by atoms with Crippen molar-refractivity contribution in [2.75, 3.05) is 5.73 Å². The second-order valence-corrected chi connectivity index (χ2v) is 4.47. The molecule has 102 valence electrons. The number of nitrogen functional groups attached to an aromatic ring is 1. The van der Waals surface area contributed by atoms with E-state index < -0.39 is 0 Å². The SMILES string of the molecule is Cc1nc(CNC(=O)c2n[nH]c(C(C)C)c2N)no1. The molecule has 0 saturated carbocycles. The molecule has 0 saturated heterocycles. The molecule has 2 aromatic rings. The average Bonchev–Trinajstić information content (AvgIpc) is 2.92. The standard InChI is InChI=1S/C11H16N6O2/c1-5(2)9-8(12)10(16-15-9)11(18)13-4-7-14-6(3)19-17-7/h5H,4,12H2,1-3H3,(H,13,18)(H,15,16). The summed E-state index contributed by atoms with van der Waals surface area (Å²) < 4.78 is 4.80. The fraction of sp³-hybridized carbons (Fsp3) is 0.455. The molecule has 0 fully saturated rings. The van der Waals surface area contributed by atoms with E-state index in [0.717, 1.165) is 5.69 Å². The lowest BCUT2D eigenvalue weighted by Crippen LogP contribution is -2.24. The maximum Gasteiger partial charge on any atom is 0.274 e. The number of amides is 1. The average molecular weight is 264 g/mol. The quantitative estimate of drug-likeness (QED) is 0.748. The number of rotatable bonds is 4. The van der Waals surface area contributed by atoms with Gasteiger partial charge in [0.15, 0.2) is 11.5 Å². The molecule has 19 heavy (non-hydrogen) atoms. The van der Waals surface area contributed by atoms with Gasteiger partial charge in [-0.2, -0.15) is 10.1 Å². The maximum atomic E-state index is 11.9. The van der Waals surface area contributed by atoms with Crippen LogP contribution in [0.25, 0.3) is 0 Å². The first-order chi connectivity index (χ1) is 8.99. The molecule has 8 nitrogen and oxygen atoms in total. The maximum absolute atomic E-state index is 11.9. The van der Waals surface area contributed by atoms with Crippen molar-refractivity contribution in [3.05, 3.63) is 23.1 Å². The smallest absolute Gasteiger partial charge is 0.274 e. The van der Waals surface area contributed by atoms with Gasteiger partial charge in [0.2, 0.25) is 5.89 Å². The zero-order valence-electron chi connectivity index (χ0n) is 11.0. The molecule has 1 amide bonds. The van der Waals surface area contributed by atoms with Crippen LogP contribution in [0.15, 0.2) is 4.52 Å². The van der Waals surface area contributed by atoms with Crippen LogP contribution >= 0.6 is 0 Å². The summed E-state index contributed by atoms with van der Waals surface area (Å²) in [5.74, 6) is 0.659. The summed E-state index contributed by atoms with van der Waals surface area (Å²) in [6.07, 6.45) is 0. The van der Waals surface area contributed by atoms with Crippen molar-refractivity contribution < 1.29 is 9.32 Å². The molecule has 0 aromatic carbocycles. The number of anilines is 1. The molecule has 0 aliphatic heterocycles. The summed E-state index contributed by atoms with van der Waals surface area (Å²) in [5, 5.41) is 13.0. The van der Waals surface area contributed by atoms with E-state index in [2.05, 4.69) is 25.7 Å². The van der Waals surface area contributed by atoms with E-state index in [-0.39, 0.29) is 24.1 Å². The highest BCUT2D eigenvalue weighted by atomic mass is 16.5. The number of hydrogen-bond acceptors (Lipinski definition) is 6. The highest BCUT2D eigenvalue weighted by molar-refractivity contribution is 5.97. The minimum atomic E-state index is -0.372. The van der Waals surface area contributed by atoms with Gasteiger partial charge in [0.25, 0.3) is 5.91 Å². The predicted molar refractivity (Wildman–Crippen MR) is 67.3 cm³/mol. The summed E-state index contributed by atoms with van der Waals surface area (Å²) in [5.41, 5.74) is 7.18. The summed E-state index contributed by atoms with van der Waals surface area (Å²) in [6, 6.07) is 0. The van der Waals surface area contributed by atoms with Gasteiger partial charge in [0.1, 0.15) is 0 Å². The number of aromatic nitrogens is 4. The monoisotopic (exact) mass is 264 g/mol. The largest absolute Gasteiger partial charge is 0.395 e. The summed E-state index contributed by atoms with van der Waals surface area (Å²) >= 11 is 0. The highest BCUT2D eigenvalue weighted by Crippen LogP contribution is 2.21. The van der Waals surface area contributed by atoms with E-state index in [1.165, 1.54) is 0 Å². The normalized spacial score (nSPS) is 10.9. The Hall–Kier alpha value is -2.38. The summed E-state index contributed by atoms with van der Waals surface area (Å²) in [7, 11) is 0. The van der Waals surface area contributed by atoms with Crippen LogP contribution in [0.1, 0.15) is 47.7 Å². The van der Waals surface area contributed by atoms with Crippen molar-refractivity contribution in [2.24, 2.45) is 0 Å². The Labute approximate surface area is 109 Å². The molecule has 4 N–H and O–H groups in total. The number of aromatic amines is 1. The predicted octanol–water partition coefficient (Wildman–Crippen LogP) is 0.737. The van der Waals surface area contributed by atoms with Crippen LogP contribution in [0.3, 0.4) is 0 Å². The van der Waals surface area contributed by atoms with Gasteiger partial charge in [0, 0.05) is 6.92 Å². The molecule has 0 unspecified atom stereocenters. The van der Waals surface area contributed by atoms with E-state index in [9.17, 15) is 4.79 Å². The third-order valence-corrected chi connectivity index (χ3v) is 2.60. The van der Waals surface area contributed by atoms with Crippen LogP contribution in [0.5, 0.6) is 0 Å². The van der Waals surface area contributed by atoms with Gasteiger partial charge in [-0.15, -0.1) is 0 Å². The number of nitrogens with two attached hydrogens (primary N) is 1. The molecular formula is C11H16N6O2. The van der Waals surface area contributed by atoms with E-state index in [1.807, 2.05) is 13.8 Å². The lowest BCUT2D eigenvalue weighted by atomic mass is 10.1. The Morgan fingerprint density at radius 2 is 2.26 bits per heavy atom. The van der Waals surface area contributed by atoms with Crippen LogP contribution in [-0.2, 0) is 6.54 Å².